The normalized spacial score (nSPS) is 12.3. The van der Waals surface area contributed by atoms with Crippen LogP contribution in [-0.4, -0.2) is 25.2 Å². The Morgan fingerprint density at radius 2 is 1.78 bits per heavy atom. The summed E-state index contributed by atoms with van der Waals surface area (Å²) in [4.78, 5) is 0.293. The molecule has 0 aliphatic heterocycles. The zero-order valence-electron chi connectivity index (χ0n) is 13.8. The average Bonchev–Trinajstić information content (AvgIpc) is 2.56. The molecule has 1 aromatic heterocycles. The molecule has 1 heterocycles. The van der Waals surface area contributed by atoms with Gasteiger partial charge in [0.15, 0.2) is 0 Å². The lowest BCUT2D eigenvalue weighted by Crippen LogP contribution is -2.26. The maximum Gasteiger partial charge on any atom is 0.240 e. The molecule has 0 aliphatic rings. The van der Waals surface area contributed by atoms with Gasteiger partial charge in [0.05, 0.1) is 11.1 Å². The number of nitrogens with one attached hydrogen (secondary N) is 1. The van der Waals surface area contributed by atoms with Crippen molar-refractivity contribution < 1.29 is 8.42 Å². The fraction of sp³-hybridized carbons (Fsp3) is 0.412. The second-order valence-electron chi connectivity index (χ2n) is 6.16. The summed E-state index contributed by atoms with van der Waals surface area (Å²) < 4.78 is 27.2. The molecule has 0 unspecified atom stereocenters. The summed E-state index contributed by atoms with van der Waals surface area (Å²) in [5.74, 6) is 0. The number of rotatable bonds is 7. The molecule has 2 rings (SSSR count). The van der Waals surface area contributed by atoms with Crippen LogP contribution < -0.4 is 4.72 Å². The number of sulfonamides is 1. The third-order valence-electron chi connectivity index (χ3n) is 4.18. The van der Waals surface area contributed by atoms with Gasteiger partial charge in [-0.1, -0.05) is 32.9 Å². The van der Waals surface area contributed by atoms with Gasteiger partial charge in [-0.15, -0.1) is 0 Å². The van der Waals surface area contributed by atoms with Gasteiger partial charge in [-0.25, -0.2) is 13.1 Å². The molecular weight excluding hydrogens is 310 g/mol. The van der Waals surface area contributed by atoms with Gasteiger partial charge in [-0.3, -0.25) is 0 Å². The van der Waals surface area contributed by atoms with Crippen LogP contribution >= 0.6 is 0 Å². The molecule has 0 radical (unpaired) electrons. The summed E-state index contributed by atoms with van der Waals surface area (Å²) in [5.41, 5.74) is 2.13. The summed E-state index contributed by atoms with van der Waals surface area (Å²) in [6, 6.07) is 8.95. The zero-order valence-corrected chi connectivity index (χ0v) is 14.6. The van der Waals surface area contributed by atoms with Gasteiger partial charge < -0.3 is 0 Å². The smallest absolute Gasteiger partial charge is 0.211 e. The van der Waals surface area contributed by atoms with Crippen molar-refractivity contribution in [2.75, 3.05) is 6.54 Å². The number of benzene rings is 1. The largest absolute Gasteiger partial charge is 0.240 e. The molecule has 0 fully saturated rings. The van der Waals surface area contributed by atoms with Crippen molar-refractivity contribution in [3.63, 3.8) is 0 Å². The summed E-state index contributed by atoms with van der Waals surface area (Å²) >= 11 is 0. The lowest BCUT2D eigenvalue weighted by molar-refractivity contribution is 0.505. The summed E-state index contributed by atoms with van der Waals surface area (Å²) in [6.07, 6.45) is 4.81. The highest BCUT2D eigenvalue weighted by atomic mass is 32.2. The summed E-state index contributed by atoms with van der Waals surface area (Å²) in [7, 11) is -3.49. The fourth-order valence-corrected chi connectivity index (χ4v) is 3.20. The monoisotopic (exact) mass is 333 g/mol. The Balaban J connectivity index is 2.02. The fourth-order valence-electron chi connectivity index (χ4n) is 2.17. The van der Waals surface area contributed by atoms with Crippen molar-refractivity contribution in [2.24, 2.45) is 0 Å². The van der Waals surface area contributed by atoms with E-state index in [9.17, 15) is 8.42 Å². The van der Waals surface area contributed by atoms with E-state index in [2.05, 4.69) is 35.7 Å². The van der Waals surface area contributed by atoms with Crippen molar-refractivity contribution in [1.29, 1.82) is 0 Å². The van der Waals surface area contributed by atoms with Crippen molar-refractivity contribution >= 4 is 10.0 Å². The van der Waals surface area contributed by atoms with Crippen molar-refractivity contribution in [3.8, 4) is 0 Å². The van der Waals surface area contributed by atoms with Crippen LogP contribution in [0, 0.1) is 0 Å². The maximum absolute atomic E-state index is 12.3. The topological polar surface area (TPSA) is 72.0 Å². The van der Waals surface area contributed by atoms with E-state index in [1.807, 2.05) is 18.2 Å². The number of aromatic nitrogens is 2. The summed E-state index contributed by atoms with van der Waals surface area (Å²) in [5, 5.41) is 7.47. The molecule has 2 aromatic rings. The predicted molar refractivity (Wildman–Crippen MR) is 90.7 cm³/mol. The van der Waals surface area contributed by atoms with E-state index in [0.717, 1.165) is 17.5 Å². The molecule has 0 saturated heterocycles. The lowest BCUT2D eigenvalue weighted by Gasteiger charge is -2.23. The third kappa shape index (κ3) is 4.59. The SMILES string of the molecule is CCC(C)(C)c1ccc(S(=O)(=O)NCCc2ccnnc2)cc1. The second-order valence-corrected chi connectivity index (χ2v) is 7.93. The van der Waals surface area contributed by atoms with E-state index in [1.54, 1.807) is 24.5 Å². The van der Waals surface area contributed by atoms with Crippen LogP contribution in [0.4, 0.5) is 0 Å². The van der Waals surface area contributed by atoms with Gasteiger partial charge in [0.1, 0.15) is 0 Å². The van der Waals surface area contributed by atoms with Crippen LogP contribution in [0.15, 0.2) is 47.6 Å². The van der Waals surface area contributed by atoms with Crippen LogP contribution in [0.1, 0.15) is 38.3 Å². The highest BCUT2D eigenvalue weighted by Gasteiger charge is 2.19. The maximum atomic E-state index is 12.3. The molecule has 0 saturated carbocycles. The van der Waals surface area contributed by atoms with Crippen molar-refractivity contribution in [2.45, 2.75) is 43.9 Å². The lowest BCUT2D eigenvalue weighted by atomic mass is 9.82. The molecule has 124 valence electrons. The Kier molecular flexibility index (Phi) is 5.49. The minimum Gasteiger partial charge on any atom is -0.211 e. The van der Waals surface area contributed by atoms with Gasteiger partial charge in [0.2, 0.25) is 10.0 Å². The Morgan fingerprint density at radius 3 is 2.35 bits per heavy atom. The van der Waals surface area contributed by atoms with E-state index in [1.165, 1.54) is 0 Å². The highest BCUT2D eigenvalue weighted by molar-refractivity contribution is 7.89. The van der Waals surface area contributed by atoms with E-state index in [0.29, 0.717) is 17.9 Å². The van der Waals surface area contributed by atoms with Crippen LogP contribution in [0.2, 0.25) is 0 Å². The average molecular weight is 333 g/mol. The van der Waals surface area contributed by atoms with Crippen LogP contribution in [-0.2, 0) is 21.9 Å². The molecule has 0 aliphatic carbocycles. The molecule has 1 aromatic carbocycles. The molecular formula is C17H23N3O2S. The van der Waals surface area contributed by atoms with Crippen LogP contribution in [0.3, 0.4) is 0 Å². The van der Waals surface area contributed by atoms with E-state index in [-0.39, 0.29) is 5.41 Å². The van der Waals surface area contributed by atoms with Gasteiger partial charge >= 0.3 is 0 Å². The second kappa shape index (κ2) is 7.19. The van der Waals surface area contributed by atoms with Crippen LogP contribution in [0.25, 0.3) is 0 Å². The third-order valence-corrected chi connectivity index (χ3v) is 5.66. The minimum absolute atomic E-state index is 0.0457. The molecule has 0 spiro atoms. The van der Waals surface area contributed by atoms with Gasteiger partial charge in [0, 0.05) is 12.7 Å². The first kappa shape index (κ1) is 17.6. The van der Waals surface area contributed by atoms with E-state index >= 15 is 0 Å². The quantitative estimate of drug-likeness (QED) is 0.845. The molecule has 0 atom stereocenters. The molecule has 5 nitrogen and oxygen atoms in total. The zero-order chi connectivity index (χ0) is 16.9. The van der Waals surface area contributed by atoms with Gasteiger partial charge in [0.25, 0.3) is 0 Å². The molecule has 6 heteroatoms. The molecule has 1 N–H and O–H groups in total. The first-order valence-corrected chi connectivity index (χ1v) is 9.19. The minimum atomic E-state index is -3.49. The van der Waals surface area contributed by atoms with Gasteiger partial charge in [-0.05, 0) is 47.6 Å². The van der Waals surface area contributed by atoms with E-state index in [4.69, 9.17) is 0 Å². The molecule has 23 heavy (non-hydrogen) atoms. The van der Waals surface area contributed by atoms with Crippen molar-refractivity contribution in [1.82, 2.24) is 14.9 Å². The van der Waals surface area contributed by atoms with E-state index < -0.39 is 10.0 Å². The van der Waals surface area contributed by atoms with Crippen molar-refractivity contribution in [3.05, 3.63) is 53.9 Å². The Hall–Kier alpha value is -1.79. The Bertz CT molecular complexity index is 726. The number of nitrogens with zero attached hydrogens (tertiary/aromatic N) is 2. The Morgan fingerprint density at radius 1 is 1.09 bits per heavy atom. The first-order chi connectivity index (χ1) is 10.8. The van der Waals surface area contributed by atoms with Gasteiger partial charge in [-0.2, -0.15) is 10.2 Å². The Labute approximate surface area is 138 Å². The first-order valence-electron chi connectivity index (χ1n) is 7.71. The predicted octanol–water partition coefficient (Wildman–Crippen LogP) is 2.69. The standard InChI is InChI=1S/C17H23N3O2S/c1-4-17(2,3)15-5-7-16(8-6-15)23(21,22)20-12-10-14-9-11-18-19-13-14/h5-9,11,13,20H,4,10,12H2,1-3H3. The molecule has 0 bridgehead atoms. The highest BCUT2D eigenvalue weighted by Crippen LogP contribution is 2.27. The molecule has 0 amide bonds. The number of hydrogen-bond donors (Lipinski definition) is 1. The number of hydrogen-bond acceptors (Lipinski definition) is 4. The summed E-state index contributed by atoms with van der Waals surface area (Å²) in [6.45, 7) is 6.76. The van der Waals surface area contributed by atoms with Crippen LogP contribution in [0.5, 0.6) is 0 Å².